The zero-order valence-electron chi connectivity index (χ0n) is 14.4. The molecule has 0 aliphatic rings. The van der Waals surface area contributed by atoms with Crippen LogP contribution in [-0.2, 0) is 16.2 Å². The lowest BCUT2D eigenvalue weighted by atomic mass is 10.1. The summed E-state index contributed by atoms with van der Waals surface area (Å²) in [4.78, 5) is 2.98. The number of benzene rings is 2. The van der Waals surface area contributed by atoms with Crippen LogP contribution in [0.25, 0.3) is 5.69 Å². The number of nitrogens with zero attached hydrogens (tertiary/aromatic N) is 3. The summed E-state index contributed by atoms with van der Waals surface area (Å²) in [6, 6.07) is 5.61. The number of ether oxygens (including phenoxy) is 1. The highest BCUT2D eigenvalue weighted by molar-refractivity contribution is 7.92. The first-order valence-electron chi connectivity index (χ1n) is 7.80. The van der Waals surface area contributed by atoms with Gasteiger partial charge in [0.25, 0.3) is 10.0 Å². The van der Waals surface area contributed by atoms with Gasteiger partial charge in [0.05, 0.1) is 21.8 Å². The molecule has 0 aliphatic carbocycles. The number of hydrogen-bond donors (Lipinski definition) is 1. The predicted molar refractivity (Wildman–Crippen MR) is 90.3 cm³/mol. The lowest BCUT2D eigenvalue weighted by Gasteiger charge is -2.16. The molecule has 0 saturated carbocycles. The second-order valence-corrected chi connectivity index (χ2v) is 7.38. The van der Waals surface area contributed by atoms with Crippen LogP contribution in [0.2, 0.25) is 0 Å². The molecule has 0 radical (unpaired) electrons. The van der Waals surface area contributed by atoms with E-state index < -0.39 is 44.5 Å². The molecule has 30 heavy (non-hydrogen) atoms. The van der Waals surface area contributed by atoms with E-state index in [0.29, 0.717) is 18.2 Å². The molecule has 0 atom stereocenters. The number of halogens is 6. The van der Waals surface area contributed by atoms with Crippen LogP contribution in [0.5, 0.6) is 5.75 Å². The van der Waals surface area contributed by atoms with E-state index in [1.54, 1.807) is 0 Å². The van der Waals surface area contributed by atoms with Crippen LogP contribution in [-0.4, -0.2) is 29.5 Å². The molecule has 0 amide bonds. The number of rotatable bonds is 5. The number of hydrogen-bond acceptors (Lipinski definition) is 5. The molecule has 3 rings (SSSR count). The van der Waals surface area contributed by atoms with E-state index in [9.17, 15) is 34.8 Å². The van der Waals surface area contributed by atoms with Gasteiger partial charge in [0, 0.05) is 6.07 Å². The van der Waals surface area contributed by atoms with Crippen molar-refractivity contribution in [2.24, 2.45) is 0 Å². The van der Waals surface area contributed by atoms with Crippen LogP contribution >= 0.6 is 0 Å². The molecule has 2 aromatic carbocycles. The van der Waals surface area contributed by atoms with Crippen LogP contribution in [0.15, 0.2) is 60.0 Å². The quantitative estimate of drug-likeness (QED) is 0.592. The SMILES string of the molecule is O=S(=O)(Nc1cc(C(F)(F)F)ccc1-n1cncn1)c1cccc(OC(F)(F)F)c1. The Balaban J connectivity index is 2.03. The Morgan fingerprint density at radius 1 is 1.00 bits per heavy atom. The molecule has 0 saturated heterocycles. The van der Waals surface area contributed by atoms with Gasteiger partial charge >= 0.3 is 12.5 Å². The molecule has 1 aromatic heterocycles. The van der Waals surface area contributed by atoms with Crippen molar-refractivity contribution in [3.63, 3.8) is 0 Å². The molecule has 0 fully saturated rings. The maximum atomic E-state index is 13.1. The molecule has 1 heterocycles. The van der Waals surface area contributed by atoms with Gasteiger partial charge in [0.1, 0.15) is 18.4 Å². The maximum Gasteiger partial charge on any atom is 0.573 e. The number of nitrogens with one attached hydrogen (secondary N) is 1. The summed E-state index contributed by atoms with van der Waals surface area (Å²) in [5.41, 5.74) is -1.76. The van der Waals surface area contributed by atoms with Gasteiger partial charge in [-0.2, -0.15) is 18.3 Å². The van der Waals surface area contributed by atoms with E-state index in [1.807, 2.05) is 4.72 Å². The fourth-order valence-electron chi connectivity index (χ4n) is 2.37. The summed E-state index contributed by atoms with van der Waals surface area (Å²) in [5.74, 6) is -0.814. The van der Waals surface area contributed by atoms with E-state index in [-0.39, 0.29) is 5.69 Å². The van der Waals surface area contributed by atoms with E-state index in [1.165, 1.54) is 0 Å². The van der Waals surface area contributed by atoms with Crippen molar-refractivity contribution in [1.82, 2.24) is 14.8 Å². The van der Waals surface area contributed by atoms with Crippen LogP contribution in [0.4, 0.5) is 32.0 Å². The fourth-order valence-corrected chi connectivity index (χ4v) is 3.47. The van der Waals surface area contributed by atoms with Crippen LogP contribution in [0.3, 0.4) is 0 Å². The largest absolute Gasteiger partial charge is 0.573 e. The second kappa shape index (κ2) is 7.51. The van der Waals surface area contributed by atoms with Crippen molar-refractivity contribution in [3.8, 4) is 11.4 Å². The molecule has 0 aliphatic heterocycles. The Morgan fingerprint density at radius 2 is 1.73 bits per heavy atom. The monoisotopic (exact) mass is 452 g/mol. The molecule has 0 unspecified atom stereocenters. The lowest BCUT2D eigenvalue weighted by molar-refractivity contribution is -0.274. The van der Waals surface area contributed by atoms with Gasteiger partial charge in [-0.1, -0.05) is 6.07 Å². The number of alkyl halides is 6. The van der Waals surface area contributed by atoms with Crippen molar-refractivity contribution in [2.45, 2.75) is 17.4 Å². The topological polar surface area (TPSA) is 86.1 Å². The highest BCUT2D eigenvalue weighted by Crippen LogP contribution is 2.34. The van der Waals surface area contributed by atoms with Gasteiger partial charge in [0.2, 0.25) is 0 Å². The van der Waals surface area contributed by atoms with Gasteiger partial charge in [0.15, 0.2) is 0 Å². The molecular formula is C16H10F6N4O3S. The molecular weight excluding hydrogens is 442 g/mol. The number of aromatic nitrogens is 3. The van der Waals surface area contributed by atoms with Crippen molar-refractivity contribution in [3.05, 3.63) is 60.7 Å². The molecule has 0 spiro atoms. The van der Waals surface area contributed by atoms with E-state index in [2.05, 4.69) is 14.8 Å². The second-order valence-electron chi connectivity index (χ2n) is 5.70. The normalized spacial score (nSPS) is 12.6. The highest BCUT2D eigenvalue weighted by Gasteiger charge is 2.33. The smallest absolute Gasteiger partial charge is 0.406 e. The molecule has 7 nitrogen and oxygen atoms in total. The molecule has 14 heteroatoms. The summed E-state index contributed by atoms with van der Waals surface area (Å²) in [7, 11) is -4.59. The number of anilines is 1. The summed E-state index contributed by atoms with van der Waals surface area (Å²) in [6.45, 7) is 0. The minimum absolute atomic E-state index is 0.0910. The highest BCUT2D eigenvalue weighted by atomic mass is 32.2. The minimum atomic E-state index is -5.06. The summed E-state index contributed by atoms with van der Waals surface area (Å²) in [5, 5.41) is 3.74. The van der Waals surface area contributed by atoms with E-state index in [4.69, 9.17) is 0 Å². The first-order valence-corrected chi connectivity index (χ1v) is 9.28. The molecule has 160 valence electrons. The van der Waals surface area contributed by atoms with Gasteiger partial charge in [-0.3, -0.25) is 4.72 Å². The molecule has 0 bridgehead atoms. The summed E-state index contributed by atoms with van der Waals surface area (Å²) >= 11 is 0. The van der Waals surface area contributed by atoms with Crippen LogP contribution < -0.4 is 9.46 Å². The van der Waals surface area contributed by atoms with Gasteiger partial charge in [-0.05, 0) is 30.3 Å². The number of sulfonamides is 1. The average molecular weight is 452 g/mol. The van der Waals surface area contributed by atoms with E-state index >= 15 is 0 Å². The summed E-state index contributed by atoms with van der Waals surface area (Å²) in [6.07, 6.45) is -7.63. The maximum absolute atomic E-state index is 13.1. The van der Waals surface area contributed by atoms with Crippen molar-refractivity contribution < 1.29 is 39.5 Å². The Bertz CT molecular complexity index is 1140. The fraction of sp³-hybridized carbons (Fsp3) is 0.125. The first-order chi connectivity index (χ1) is 13.9. The van der Waals surface area contributed by atoms with Crippen molar-refractivity contribution >= 4 is 15.7 Å². The predicted octanol–water partition coefficient (Wildman–Crippen LogP) is 3.99. The van der Waals surface area contributed by atoms with Gasteiger partial charge < -0.3 is 4.74 Å². The third-order valence-electron chi connectivity index (χ3n) is 3.58. The first kappa shape index (κ1) is 21.4. The van der Waals surface area contributed by atoms with Crippen molar-refractivity contribution in [2.75, 3.05) is 4.72 Å². The Labute approximate surface area is 165 Å². The summed E-state index contributed by atoms with van der Waals surface area (Å²) < 4.78 is 108. The zero-order valence-corrected chi connectivity index (χ0v) is 15.3. The third-order valence-corrected chi connectivity index (χ3v) is 4.95. The Kier molecular flexibility index (Phi) is 5.36. The standard InChI is InChI=1S/C16H10F6N4O3S/c17-15(18,19)10-4-5-14(26-9-23-8-24-26)13(6-10)25-30(27,28)12-3-1-2-11(7-12)29-16(20,21)22/h1-9,25H. The van der Waals surface area contributed by atoms with Gasteiger partial charge in [-0.15, -0.1) is 13.2 Å². The lowest BCUT2D eigenvalue weighted by Crippen LogP contribution is -2.18. The molecule has 1 N–H and O–H groups in total. The van der Waals surface area contributed by atoms with Crippen molar-refractivity contribution in [1.29, 1.82) is 0 Å². The third kappa shape index (κ3) is 5.00. The van der Waals surface area contributed by atoms with Gasteiger partial charge in [-0.25, -0.2) is 18.1 Å². The Morgan fingerprint density at radius 3 is 2.33 bits per heavy atom. The zero-order chi connectivity index (χ0) is 22.2. The van der Waals surface area contributed by atoms with Crippen LogP contribution in [0, 0.1) is 0 Å². The average Bonchev–Trinajstić information content (AvgIpc) is 3.14. The van der Waals surface area contributed by atoms with Crippen LogP contribution in [0.1, 0.15) is 5.56 Å². The molecule has 3 aromatic rings. The Hall–Kier alpha value is -3.29. The minimum Gasteiger partial charge on any atom is -0.406 e. The van der Waals surface area contributed by atoms with E-state index in [0.717, 1.165) is 41.6 Å².